The second-order valence-electron chi connectivity index (χ2n) is 4.64. The Balaban J connectivity index is 1.90. The van der Waals surface area contributed by atoms with Gasteiger partial charge in [0.15, 0.2) is 0 Å². The zero-order valence-corrected chi connectivity index (χ0v) is 10.8. The smallest absolute Gasteiger partial charge is 0.127 e. The standard InChI is InChI=1S/C16H17N3/c17-11-16-18-12-15-8-4-7-14(19(15)16)10-9-13-5-2-1-3-6-13/h1-8,12H,9-11,17H2. The molecule has 3 heteroatoms. The Kier molecular flexibility index (Phi) is 3.29. The normalized spacial score (nSPS) is 11.0. The predicted molar refractivity (Wildman–Crippen MR) is 76.9 cm³/mol. The summed E-state index contributed by atoms with van der Waals surface area (Å²) in [5, 5.41) is 0. The van der Waals surface area contributed by atoms with E-state index in [9.17, 15) is 0 Å². The summed E-state index contributed by atoms with van der Waals surface area (Å²) in [4.78, 5) is 4.37. The fourth-order valence-corrected chi connectivity index (χ4v) is 2.44. The van der Waals surface area contributed by atoms with Gasteiger partial charge in [0.1, 0.15) is 5.82 Å². The van der Waals surface area contributed by atoms with E-state index in [1.807, 2.05) is 12.3 Å². The lowest BCUT2D eigenvalue weighted by atomic mass is 10.1. The highest BCUT2D eigenvalue weighted by Crippen LogP contribution is 2.13. The van der Waals surface area contributed by atoms with E-state index in [2.05, 4.69) is 51.8 Å². The summed E-state index contributed by atoms with van der Waals surface area (Å²) in [6.07, 6.45) is 3.90. The van der Waals surface area contributed by atoms with Crippen LogP contribution in [0.5, 0.6) is 0 Å². The van der Waals surface area contributed by atoms with Crippen LogP contribution in [0, 0.1) is 0 Å². The number of rotatable bonds is 4. The van der Waals surface area contributed by atoms with Gasteiger partial charge in [-0.3, -0.25) is 4.40 Å². The van der Waals surface area contributed by atoms with Crippen LogP contribution in [0.3, 0.4) is 0 Å². The molecule has 0 saturated carbocycles. The van der Waals surface area contributed by atoms with Gasteiger partial charge >= 0.3 is 0 Å². The molecule has 3 nitrogen and oxygen atoms in total. The molecule has 0 bridgehead atoms. The van der Waals surface area contributed by atoms with Gasteiger partial charge < -0.3 is 5.73 Å². The number of hydrogen-bond donors (Lipinski definition) is 1. The molecular weight excluding hydrogens is 234 g/mol. The molecule has 0 aliphatic rings. The first kappa shape index (κ1) is 11.9. The van der Waals surface area contributed by atoms with Crippen molar-refractivity contribution in [3.8, 4) is 0 Å². The third kappa shape index (κ3) is 2.37. The molecule has 2 heterocycles. The maximum absolute atomic E-state index is 5.75. The Morgan fingerprint density at radius 3 is 2.58 bits per heavy atom. The van der Waals surface area contributed by atoms with Gasteiger partial charge in [0.25, 0.3) is 0 Å². The number of imidazole rings is 1. The first-order chi connectivity index (χ1) is 9.38. The van der Waals surface area contributed by atoms with Gasteiger partial charge in [-0.25, -0.2) is 4.98 Å². The van der Waals surface area contributed by atoms with Gasteiger partial charge in [-0.15, -0.1) is 0 Å². The predicted octanol–water partition coefficient (Wildman–Crippen LogP) is 2.58. The molecule has 3 rings (SSSR count). The molecule has 3 aromatic rings. The van der Waals surface area contributed by atoms with E-state index in [0.29, 0.717) is 6.54 Å². The average Bonchev–Trinajstić information content (AvgIpc) is 2.90. The van der Waals surface area contributed by atoms with Gasteiger partial charge in [0.05, 0.1) is 18.3 Å². The Morgan fingerprint density at radius 2 is 1.79 bits per heavy atom. The molecule has 2 aromatic heterocycles. The van der Waals surface area contributed by atoms with E-state index in [1.54, 1.807) is 0 Å². The molecule has 2 N–H and O–H groups in total. The van der Waals surface area contributed by atoms with E-state index in [4.69, 9.17) is 5.73 Å². The fraction of sp³-hybridized carbons (Fsp3) is 0.188. The number of aryl methyl sites for hydroxylation is 2. The van der Waals surface area contributed by atoms with E-state index in [-0.39, 0.29) is 0 Å². The van der Waals surface area contributed by atoms with Crippen LogP contribution in [-0.2, 0) is 19.4 Å². The monoisotopic (exact) mass is 251 g/mol. The minimum atomic E-state index is 0.469. The van der Waals surface area contributed by atoms with Gasteiger partial charge in [0, 0.05) is 5.69 Å². The molecular formula is C16H17N3. The lowest BCUT2D eigenvalue weighted by molar-refractivity contribution is 0.826. The Labute approximate surface area is 112 Å². The number of hydrogen-bond acceptors (Lipinski definition) is 2. The Bertz CT molecular complexity index is 671. The molecule has 0 amide bonds. The number of nitrogens with zero attached hydrogens (tertiary/aromatic N) is 2. The van der Waals surface area contributed by atoms with Gasteiger partial charge in [-0.1, -0.05) is 36.4 Å². The highest BCUT2D eigenvalue weighted by atomic mass is 15.0. The second-order valence-corrected chi connectivity index (χ2v) is 4.64. The van der Waals surface area contributed by atoms with Gasteiger partial charge in [-0.05, 0) is 30.5 Å². The summed E-state index contributed by atoms with van der Waals surface area (Å²) in [5.74, 6) is 0.929. The third-order valence-corrected chi connectivity index (χ3v) is 3.40. The van der Waals surface area contributed by atoms with Crippen molar-refractivity contribution < 1.29 is 0 Å². The first-order valence-corrected chi connectivity index (χ1v) is 6.56. The number of aromatic nitrogens is 2. The molecule has 96 valence electrons. The highest BCUT2D eigenvalue weighted by Gasteiger charge is 2.06. The third-order valence-electron chi connectivity index (χ3n) is 3.40. The van der Waals surface area contributed by atoms with E-state index in [1.165, 1.54) is 11.3 Å². The fourth-order valence-electron chi connectivity index (χ4n) is 2.44. The van der Waals surface area contributed by atoms with Crippen LogP contribution in [-0.4, -0.2) is 9.38 Å². The maximum Gasteiger partial charge on any atom is 0.127 e. The number of nitrogens with two attached hydrogens (primary N) is 1. The molecule has 0 radical (unpaired) electrons. The summed E-state index contributed by atoms with van der Waals surface area (Å²) in [7, 11) is 0. The van der Waals surface area contributed by atoms with Gasteiger partial charge in [0.2, 0.25) is 0 Å². The summed E-state index contributed by atoms with van der Waals surface area (Å²) < 4.78 is 2.17. The zero-order valence-electron chi connectivity index (χ0n) is 10.8. The van der Waals surface area contributed by atoms with Crippen molar-refractivity contribution in [1.82, 2.24) is 9.38 Å². The van der Waals surface area contributed by atoms with Crippen LogP contribution in [0.1, 0.15) is 17.1 Å². The molecule has 0 fully saturated rings. The highest BCUT2D eigenvalue weighted by molar-refractivity contribution is 5.47. The van der Waals surface area contributed by atoms with Crippen molar-refractivity contribution in [3.05, 3.63) is 71.8 Å². The van der Waals surface area contributed by atoms with Crippen molar-refractivity contribution in [1.29, 1.82) is 0 Å². The molecule has 19 heavy (non-hydrogen) atoms. The van der Waals surface area contributed by atoms with Crippen molar-refractivity contribution in [2.75, 3.05) is 0 Å². The van der Waals surface area contributed by atoms with Crippen LogP contribution in [0.2, 0.25) is 0 Å². The number of benzene rings is 1. The average molecular weight is 251 g/mol. The van der Waals surface area contributed by atoms with E-state index < -0.39 is 0 Å². The van der Waals surface area contributed by atoms with E-state index in [0.717, 1.165) is 24.2 Å². The molecule has 0 saturated heterocycles. The lowest BCUT2D eigenvalue weighted by Gasteiger charge is -2.08. The SMILES string of the molecule is NCc1ncc2cccc(CCc3ccccc3)n12. The molecule has 0 aliphatic carbocycles. The van der Waals surface area contributed by atoms with Gasteiger partial charge in [-0.2, -0.15) is 0 Å². The lowest BCUT2D eigenvalue weighted by Crippen LogP contribution is -2.07. The number of pyridine rings is 1. The minimum absolute atomic E-state index is 0.469. The maximum atomic E-state index is 5.75. The molecule has 1 aromatic carbocycles. The molecule has 0 aliphatic heterocycles. The van der Waals surface area contributed by atoms with Crippen LogP contribution in [0.4, 0.5) is 0 Å². The van der Waals surface area contributed by atoms with Crippen LogP contribution in [0.25, 0.3) is 5.52 Å². The van der Waals surface area contributed by atoms with Crippen LogP contribution in [0.15, 0.2) is 54.7 Å². The summed E-state index contributed by atoms with van der Waals surface area (Å²) in [6, 6.07) is 16.8. The second kappa shape index (κ2) is 5.24. The van der Waals surface area contributed by atoms with Crippen LogP contribution >= 0.6 is 0 Å². The van der Waals surface area contributed by atoms with E-state index >= 15 is 0 Å². The van der Waals surface area contributed by atoms with Crippen molar-refractivity contribution >= 4 is 5.52 Å². The minimum Gasteiger partial charge on any atom is -0.324 e. The molecule has 0 spiro atoms. The summed E-state index contributed by atoms with van der Waals surface area (Å²) in [6.45, 7) is 0.469. The largest absolute Gasteiger partial charge is 0.324 e. The van der Waals surface area contributed by atoms with Crippen LogP contribution < -0.4 is 5.73 Å². The summed E-state index contributed by atoms with van der Waals surface area (Å²) >= 11 is 0. The topological polar surface area (TPSA) is 43.3 Å². The molecule has 0 atom stereocenters. The number of fused-ring (bicyclic) bond motifs is 1. The first-order valence-electron chi connectivity index (χ1n) is 6.56. The Morgan fingerprint density at radius 1 is 0.947 bits per heavy atom. The zero-order chi connectivity index (χ0) is 13.1. The quantitative estimate of drug-likeness (QED) is 0.774. The summed E-state index contributed by atoms with van der Waals surface area (Å²) in [5.41, 5.74) is 9.49. The van der Waals surface area contributed by atoms with Crippen molar-refractivity contribution in [3.63, 3.8) is 0 Å². The van der Waals surface area contributed by atoms with Crippen molar-refractivity contribution in [2.24, 2.45) is 5.73 Å². The molecule has 0 unspecified atom stereocenters. The van der Waals surface area contributed by atoms with Crippen molar-refractivity contribution in [2.45, 2.75) is 19.4 Å². The Hall–Kier alpha value is -2.13.